The molecule has 1 amide bonds. The third kappa shape index (κ3) is 3.35. The van der Waals surface area contributed by atoms with Gasteiger partial charge in [0, 0.05) is 6.54 Å². The maximum Gasteiger partial charge on any atom is 0.254 e. The second-order valence-electron chi connectivity index (χ2n) is 4.30. The van der Waals surface area contributed by atoms with Crippen LogP contribution in [0.4, 0.5) is 4.39 Å². The minimum Gasteiger partial charge on any atom is -0.496 e. The number of ether oxygens (including phenoxy) is 1. The molecule has 20 heavy (non-hydrogen) atoms. The van der Waals surface area contributed by atoms with Crippen LogP contribution in [-0.4, -0.2) is 19.6 Å². The highest BCUT2D eigenvalue weighted by molar-refractivity contribution is 5.94. The van der Waals surface area contributed by atoms with Gasteiger partial charge in [-0.3, -0.25) is 4.79 Å². The Bertz CT molecular complexity index is 599. The highest BCUT2D eigenvalue weighted by Gasteiger charge is 2.10. The normalized spacial score (nSPS) is 10.1. The molecule has 3 nitrogen and oxygen atoms in total. The number of para-hydroxylation sites is 1. The molecule has 2 rings (SSSR count). The number of carbonyl (C=O) groups is 1. The summed E-state index contributed by atoms with van der Waals surface area (Å²) in [6.45, 7) is 0.424. The molecule has 0 aliphatic rings. The minimum absolute atomic E-state index is 0.0625. The molecule has 0 saturated heterocycles. The SMILES string of the molecule is COc1ccccc1CCNC(=O)c1ccccc1F. The summed E-state index contributed by atoms with van der Waals surface area (Å²) < 4.78 is 18.7. The van der Waals surface area contributed by atoms with Crippen LogP contribution >= 0.6 is 0 Å². The first-order valence-electron chi connectivity index (χ1n) is 6.37. The van der Waals surface area contributed by atoms with Gasteiger partial charge in [0.05, 0.1) is 12.7 Å². The van der Waals surface area contributed by atoms with Crippen LogP contribution in [0.15, 0.2) is 48.5 Å². The summed E-state index contributed by atoms with van der Waals surface area (Å²) in [7, 11) is 1.61. The molecular formula is C16H16FNO2. The van der Waals surface area contributed by atoms with Crippen molar-refractivity contribution in [3.05, 3.63) is 65.5 Å². The number of hydrogen-bond acceptors (Lipinski definition) is 2. The van der Waals surface area contributed by atoms with Crippen molar-refractivity contribution in [1.82, 2.24) is 5.32 Å². The number of rotatable bonds is 5. The number of methoxy groups -OCH3 is 1. The first kappa shape index (κ1) is 14.1. The van der Waals surface area contributed by atoms with Gasteiger partial charge in [-0.15, -0.1) is 0 Å². The molecular weight excluding hydrogens is 257 g/mol. The lowest BCUT2D eigenvalue weighted by Crippen LogP contribution is -2.26. The van der Waals surface area contributed by atoms with E-state index in [9.17, 15) is 9.18 Å². The summed E-state index contributed by atoms with van der Waals surface area (Å²) >= 11 is 0. The smallest absolute Gasteiger partial charge is 0.254 e. The van der Waals surface area contributed by atoms with Gasteiger partial charge < -0.3 is 10.1 Å². The Morgan fingerprint density at radius 1 is 1.15 bits per heavy atom. The molecule has 0 heterocycles. The zero-order valence-electron chi connectivity index (χ0n) is 11.2. The molecule has 0 fully saturated rings. The summed E-state index contributed by atoms with van der Waals surface area (Å²) in [4.78, 5) is 11.8. The summed E-state index contributed by atoms with van der Waals surface area (Å²) in [6, 6.07) is 13.5. The number of hydrogen-bond donors (Lipinski definition) is 1. The zero-order chi connectivity index (χ0) is 14.4. The van der Waals surface area contributed by atoms with Gasteiger partial charge in [-0.1, -0.05) is 30.3 Å². The summed E-state index contributed by atoms with van der Waals surface area (Å²) in [5, 5.41) is 2.71. The van der Waals surface area contributed by atoms with Crippen molar-refractivity contribution >= 4 is 5.91 Å². The van der Waals surface area contributed by atoms with Crippen molar-refractivity contribution in [3.63, 3.8) is 0 Å². The molecule has 0 atom stereocenters. The topological polar surface area (TPSA) is 38.3 Å². The van der Waals surface area contributed by atoms with Crippen LogP contribution in [0.25, 0.3) is 0 Å². The molecule has 0 saturated carbocycles. The van der Waals surface area contributed by atoms with E-state index in [1.54, 1.807) is 19.2 Å². The molecule has 104 valence electrons. The molecule has 2 aromatic rings. The van der Waals surface area contributed by atoms with Crippen LogP contribution in [-0.2, 0) is 6.42 Å². The molecule has 0 bridgehead atoms. The first-order chi connectivity index (χ1) is 9.72. The fourth-order valence-electron chi connectivity index (χ4n) is 1.96. The van der Waals surface area contributed by atoms with Gasteiger partial charge in [-0.2, -0.15) is 0 Å². The van der Waals surface area contributed by atoms with E-state index in [2.05, 4.69) is 5.32 Å². The van der Waals surface area contributed by atoms with Crippen molar-refractivity contribution in [2.45, 2.75) is 6.42 Å². The van der Waals surface area contributed by atoms with E-state index in [0.29, 0.717) is 13.0 Å². The molecule has 0 aliphatic heterocycles. The average molecular weight is 273 g/mol. The standard InChI is InChI=1S/C16H16FNO2/c1-20-15-9-5-2-6-12(15)10-11-18-16(19)13-7-3-4-8-14(13)17/h2-9H,10-11H2,1H3,(H,18,19). The first-order valence-corrected chi connectivity index (χ1v) is 6.37. The number of amides is 1. The zero-order valence-corrected chi connectivity index (χ0v) is 11.2. The predicted octanol–water partition coefficient (Wildman–Crippen LogP) is 2.81. The molecule has 0 aromatic heterocycles. The van der Waals surface area contributed by atoms with Crippen LogP contribution in [0.5, 0.6) is 5.75 Å². The van der Waals surface area contributed by atoms with Gasteiger partial charge in [0.2, 0.25) is 0 Å². The molecule has 0 spiro atoms. The van der Waals surface area contributed by atoms with E-state index >= 15 is 0 Å². The van der Waals surface area contributed by atoms with E-state index < -0.39 is 11.7 Å². The van der Waals surface area contributed by atoms with Crippen molar-refractivity contribution < 1.29 is 13.9 Å². The van der Waals surface area contributed by atoms with E-state index in [4.69, 9.17) is 4.74 Å². The van der Waals surface area contributed by atoms with E-state index in [-0.39, 0.29) is 5.56 Å². The quantitative estimate of drug-likeness (QED) is 0.909. The Morgan fingerprint density at radius 2 is 1.85 bits per heavy atom. The Morgan fingerprint density at radius 3 is 2.60 bits per heavy atom. The lowest BCUT2D eigenvalue weighted by atomic mass is 10.1. The van der Waals surface area contributed by atoms with Crippen LogP contribution in [0, 0.1) is 5.82 Å². The maximum absolute atomic E-state index is 13.4. The van der Waals surface area contributed by atoms with Crippen molar-refractivity contribution in [2.24, 2.45) is 0 Å². The van der Waals surface area contributed by atoms with Crippen molar-refractivity contribution in [1.29, 1.82) is 0 Å². The van der Waals surface area contributed by atoms with Crippen LogP contribution in [0.2, 0.25) is 0 Å². The van der Waals surface area contributed by atoms with Crippen molar-refractivity contribution in [3.8, 4) is 5.75 Å². The molecule has 0 radical (unpaired) electrons. The summed E-state index contributed by atoms with van der Waals surface area (Å²) in [6.07, 6.45) is 0.629. The molecule has 1 N–H and O–H groups in total. The summed E-state index contributed by atoms with van der Waals surface area (Å²) in [5.41, 5.74) is 1.07. The van der Waals surface area contributed by atoms with Crippen LogP contribution in [0.1, 0.15) is 15.9 Å². The number of halogens is 1. The third-order valence-corrected chi connectivity index (χ3v) is 2.99. The number of carbonyl (C=O) groups excluding carboxylic acids is 1. The van der Waals surface area contributed by atoms with Gasteiger partial charge in [0.25, 0.3) is 5.91 Å². The lowest BCUT2D eigenvalue weighted by Gasteiger charge is -2.09. The van der Waals surface area contributed by atoms with Gasteiger partial charge in [0.15, 0.2) is 0 Å². The second kappa shape index (κ2) is 6.70. The second-order valence-corrected chi connectivity index (χ2v) is 4.30. The fraction of sp³-hybridized carbons (Fsp3) is 0.188. The molecule has 4 heteroatoms. The van der Waals surface area contributed by atoms with Gasteiger partial charge in [-0.05, 0) is 30.2 Å². The Kier molecular flexibility index (Phi) is 4.71. The highest BCUT2D eigenvalue weighted by atomic mass is 19.1. The van der Waals surface area contributed by atoms with E-state index in [1.807, 2.05) is 24.3 Å². The van der Waals surface area contributed by atoms with E-state index in [1.165, 1.54) is 12.1 Å². The Hall–Kier alpha value is -2.36. The van der Waals surface area contributed by atoms with Gasteiger partial charge >= 0.3 is 0 Å². The number of nitrogens with one attached hydrogen (secondary N) is 1. The molecule has 0 aliphatic carbocycles. The van der Waals surface area contributed by atoms with Crippen molar-refractivity contribution in [2.75, 3.05) is 13.7 Å². The lowest BCUT2D eigenvalue weighted by molar-refractivity contribution is 0.0950. The number of benzene rings is 2. The molecule has 0 unspecified atom stereocenters. The van der Waals surface area contributed by atoms with Crippen LogP contribution in [0.3, 0.4) is 0 Å². The minimum atomic E-state index is -0.512. The van der Waals surface area contributed by atoms with E-state index in [0.717, 1.165) is 11.3 Å². The monoisotopic (exact) mass is 273 g/mol. The predicted molar refractivity (Wildman–Crippen MR) is 75.4 cm³/mol. The fourth-order valence-corrected chi connectivity index (χ4v) is 1.96. The maximum atomic E-state index is 13.4. The van der Waals surface area contributed by atoms with Gasteiger partial charge in [-0.25, -0.2) is 4.39 Å². The third-order valence-electron chi connectivity index (χ3n) is 2.99. The highest BCUT2D eigenvalue weighted by Crippen LogP contribution is 2.17. The molecule has 2 aromatic carbocycles. The van der Waals surface area contributed by atoms with Gasteiger partial charge in [0.1, 0.15) is 11.6 Å². The Labute approximate surface area is 117 Å². The van der Waals surface area contributed by atoms with Crippen LogP contribution < -0.4 is 10.1 Å². The average Bonchev–Trinajstić information content (AvgIpc) is 2.48. The largest absolute Gasteiger partial charge is 0.496 e. The Balaban J connectivity index is 1.93. The summed E-state index contributed by atoms with van der Waals surface area (Å²) in [5.74, 6) is -0.132.